The molecule has 29 heavy (non-hydrogen) atoms. The maximum atomic E-state index is 14.4. The second kappa shape index (κ2) is 6.66. The van der Waals surface area contributed by atoms with Crippen LogP contribution in [0.25, 0.3) is 27.8 Å². The standard InChI is InChI=1S/C21H16FN5O2/c22-27-19-5-2-1-4-15(19)12-17(21(27)29)18-13-26(24-23-18)16-8-6-14(7-9-16)20(28)25-10-3-11-25/h1-2,4-9,12-13H,3,10-11H2. The summed E-state index contributed by atoms with van der Waals surface area (Å²) in [6.45, 7) is 1.59. The molecule has 1 aliphatic rings. The smallest absolute Gasteiger partial charge is 0.288 e. The van der Waals surface area contributed by atoms with E-state index in [0.717, 1.165) is 19.5 Å². The minimum atomic E-state index is -0.786. The van der Waals surface area contributed by atoms with Crippen LogP contribution >= 0.6 is 0 Å². The van der Waals surface area contributed by atoms with Gasteiger partial charge in [0.05, 0.1) is 23.0 Å². The van der Waals surface area contributed by atoms with E-state index in [0.29, 0.717) is 16.6 Å². The Bertz CT molecular complexity index is 1290. The van der Waals surface area contributed by atoms with Crippen LogP contribution in [0.4, 0.5) is 4.48 Å². The van der Waals surface area contributed by atoms with Crippen molar-refractivity contribution in [2.45, 2.75) is 6.42 Å². The molecule has 1 amide bonds. The number of nitrogens with zero attached hydrogens (tertiary/aromatic N) is 5. The fourth-order valence-electron chi connectivity index (χ4n) is 3.38. The third-order valence-electron chi connectivity index (χ3n) is 5.15. The first-order valence-electron chi connectivity index (χ1n) is 9.25. The molecule has 0 atom stereocenters. The summed E-state index contributed by atoms with van der Waals surface area (Å²) in [5.74, 6) is 0.0155. The zero-order valence-electron chi connectivity index (χ0n) is 15.3. The number of fused-ring (bicyclic) bond motifs is 1. The quantitative estimate of drug-likeness (QED) is 0.540. The minimum Gasteiger partial charge on any atom is -0.339 e. The molecular weight excluding hydrogens is 373 g/mol. The first-order chi connectivity index (χ1) is 14.1. The van der Waals surface area contributed by atoms with Gasteiger partial charge in [-0.3, -0.25) is 9.59 Å². The van der Waals surface area contributed by atoms with Crippen molar-refractivity contribution < 1.29 is 9.28 Å². The summed E-state index contributed by atoms with van der Waals surface area (Å²) in [6.07, 6.45) is 2.61. The summed E-state index contributed by atoms with van der Waals surface area (Å²) >= 11 is 0. The number of amides is 1. The van der Waals surface area contributed by atoms with Gasteiger partial charge in [-0.05, 0) is 42.8 Å². The number of aromatic nitrogens is 4. The summed E-state index contributed by atoms with van der Waals surface area (Å²) in [5.41, 5.74) is 1.12. The first-order valence-corrected chi connectivity index (χ1v) is 9.25. The lowest BCUT2D eigenvalue weighted by atomic mass is 10.1. The van der Waals surface area contributed by atoms with E-state index in [1.54, 1.807) is 65.7 Å². The molecule has 3 heterocycles. The van der Waals surface area contributed by atoms with E-state index in [9.17, 15) is 14.1 Å². The van der Waals surface area contributed by atoms with Gasteiger partial charge in [0.2, 0.25) is 0 Å². The van der Waals surface area contributed by atoms with Gasteiger partial charge < -0.3 is 4.90 Å². The van der Waals surface area contributed by atoms with Crippen molar-refractivity contribution in [1.29, 1.82) is 0 Å². The van der Waals surface area contributed by atoms with Crippen molar-refractivity contribution in [2.75, 3.05) is 13.1 Å². The number of hydrogen-bond acceptors (Lipinski definition) is 4. The Morgan fingerprint density at radius 3 is 2.52 bits per heavy atom. The Balaban J connectivity index is 1.48. The summed E-state index contributed by atoms with van der Waals surface area (Å²) in [6, 6.07) is 15.3. The average molecular weight is 389 g/mol. The van der Waals surface area contributed by atoms with Crippen molar-refractivity contribution in [3.8, 4) is 16.9 Å². The molecule has 4 aromatic rings. The molecule has 0 aliphatic carbocycles. The normalized spacial score (nSPS) is 13.5. The highest BCUT2D eigenvalue weighted by Gasteiger charge is 2.21. The van der Waals surface area contributed by atoms with Crippen LogP contribution in [0, 0.1) is 0 Å². The van der Waals surface area contributed by atoms with E-state index in [4.69, 9.17) is 0 Å². The van der Waals surface area contributed by atoms with Crippen molar-refractivity contribution in [3.63, 3.8) is 0 Å². The van der Waals surface area contributed by atoms with Crippen molar-refractivity contribution in [1.82, 2.24) is 24.7 Å². The number of likely N-dealkylation sites (tertiary alicyclic amines) is 1. The van der Waals surface area contributed by atoms with Crippen LogP contribution in [0.3, 0.4) is 0 Å². The molecule has 0 spiro atoms. The van der Waals surface area contributed by atoms with E-state index in [1.807, 2.05) is 0 Å². The number of benzene rings is 2. The van der Waals surface area contributed by atoms with Gasteiger partial charge in [0.25, 0.3) is 11.5 Å². The molecular formula is C21H16FN5O2. The van der Waals surface area contributed by atoms with E-state index < -0.39 is 5.56 Å². The summed E-state index contributed by atoms with van der Waals surface area (Å²) in [4.78, 5) is 26.6. The number of halogens is 1. The Hall–Kier alpha value is -3.81. The number of pyridine rings is 1. The van der Waals surface area contributed by atoms with E-state index in [2.05, 4.69) is 10.3 Å². The molecule has 0 radical (unpaired) electrons. The van der Waals surface area contributed by atoms with Crippen LogP contribution in [0.15, 0.2) is 65.6 Å². The maximum Gasteiger partial charge on any atom is 0.288 e. The fourth-order valence-corrected chi connectivity index (χ4v) is 3.38. The fraction of sp³-hybridized carbons (Fsp3) is 0.143. The number of rotatable bonds is 3. The Morgan fingerprint density at radius 1 is 1.03 bits per heavy atom. The highest BCUT2D eigenvalue weighted by molar-refractivity contribution is 5.94. The lowest BCUT2D eigenvalue weighted by molar-refractivity contribution is 0.0652. The van der Waals surface area contributed by atoms with E-state index in [1.165, 1.54) is 4.68 Å². The molecule has 7 nitrogen and oxygen atoms in total. The lowest BCUT2D eigenvalue weighted by Crippen LogP contribution is -2.41. The lowest BCUT2D eigenvalue weighted by Gasteiger charge is -2.30. The highest BCUT2D eigenvalue weighted by Crippen LogP contribution is 2.21. The Labute approximate surface area is 164 Å². The molecule has 2 aromatic carbocycles. The van der Waals surface area contributed by atoms with Gasteiger partial charge in [0, 0.05) is 24.0 Å². The molecule has 1 aliphatic heterocycles. The van der Waals surface area contributed by atoms with Crippen LogP contribution in [-0.2, 0) is 0 Å². The van der Waals surface area contributed by atoms with Crippen LogP contribution in [0.5, 0.6) is 0 Å². The van der Waals surface area contributed by atoms with Gasteiger partial charge >= 0.3 is 0 Å². The number of para-hydroxylation sites is 1. The third kappa shape index (κ3) is 2.89. The largest absolute Gasteiger partial charge is 0.339 e. The highest BCUT2D eigenvalue weighted by atomic mass is 19.2. The second-order valence-corrected chi connectivity index (χ2v) is 6.94. The first kappa shape index (κ1) is 17.3. The Morgan fingerprint density at radius 2 is 1.79 bits per heavy atom. The zero-order chi connectivity index (χ0) is 20.0. The number of carbonyl (C=O) groups is 1. The van der Waals surface area contributed by atoms with Gasteiger partial charge in [-0.15, -0.1) is 9.89 Å². The number of carbonyl (C=O) groups excluding carboxylic acids is 1. The second-order valence-electron chi connectivity index (χ2n) is 6.94. The predicted molar refractivity (Wildman–Crippen MR) is 106 cm³/mol. The van der Waals surface area contributed by atoms with Crippen molar-refractivity contribution in [2.24, 2.45) is 0 Å². The topological polar surface area (TPSA) is 73.0 Å². The maximum absolute atomic E-state index is 14.4. The van der Waals surface area contributed by atoms with Crippen LogP contribution in [0.2, 0.25) is 0 Å². The molecule has 2 aromatic heterocycles. The van der Waals surface area contributed by atoms with Crippen LogP contribution < -0.4 is 5.56 Å². The average Bonchev–Trinajstić information content (AvgIpc) is 3.19. The summed E-state index contributed by atoms with van der Waals surface area (Å²) in [5, 5.41) is 8.68. The molecule has 1 saturated heterocycles. The zero-order valence-corrected chi connectivity index (χ0v) is 15.3. The predicted octanol–water partition coefficient (Wildman–Crippen LogP) is 2.83. The van der Waals surface area contributed by atoms with Gasteiger partial charge in [0.15, 0.2) is 0 Å². The summed E-state index contributed by atoms with van der Waals surface area (Å²) < 4.78 is 15.9. The molecule has 0 bridgehead atoms. The summed E-state index contributed by atoms with van der Waals surface area (Å²) in [7, 11) is 0. The van der Waals surface area contributed by atoms with E-state index >= 15 is 0 Å². The Kier molecular flexibility index (Phi) is 3.97. The number of hydrogen-bond donors (Lipinski definition) is 0. The molecule has 5 rings (SSSR count). The molecule has 0 saturated carbocycles. The SMILES string of the molecule is O=C(c1ccc(-n2cc(-c3cc4ccccc4n(F)c3=O)nn2)cc1)N1CCC1. The van der Waals surface area contributed by atoms with Gasteiger partial charge in [-0.1, -0.05) is 27.9 Å². The monoisotopic (exact) mass is 389 g/mol. The van der Waals surface area contributed by atoms with Crippen LogP contribution in [-0.4, -0.2) is 43.7 Å². The van der Waals surface area contributed by atoms with Crippen LogP contribution in [0.1, 0.15) is 16.8 Å². The van der Waals surface area contributed by atoms with Gasteiger partial charge in [0.1, 0.15) is 5.69 Å². The van der Waals surface area contributed by atoms with E-state index in [-0.39, 0.29) is 27.5 Å². The third-order valence-corrected chi connectivity index (χ3v) is 5.15. The van der Waals surface area contributed by atoms with Gasteiger partial charge in [-0.2, -0.15) is 0 Å². The molecule has 144 valence electrons. The molecule has 8 heteroatoms. The molecule has 1 fully saturated rings. The molecule has 0 N–H and O–H groups in total. The van der Waals surface area contributed by atoms with Crippen molar-refractivity contribution >= 4 is 16.8 Å². The van der Waals surface area contributed by atoms with Crippen molar-refractivity contribution in [3.05, 3.63) is 76.7 Å². The molecule has 0 unspecified atom stereocenters. The minimum absolute atomic E-state index is 0.0155. The van der Waals surface area contributed by atoms with Gasteiger partial charge in [-0.25, -0.2) is 4.68 Å².